The lowest BCUT2D eigenvalue weighted by Gasteiger charge is -2.30. The number of ether oxygens (including phenoxy) is 1. The Labute approximate surface area is 248 Å². The molecule has 11 heteroatoms. The number of rotatable bonds is 10. The highest BCUT2D eigenvalue weighted by Gasteiger charge is 2.33. The van der Waals surface area contributed by atoms with Crippen molar-refractivity contribution in [1.82, 2.24) is 4.31 Å². The molecule has 43 heavy (non-hydrogen) atoms. The van der Waals surface area contributed by atoms with E-state index in [9.17, 15) is 27.2 Å². The minimum Gasteiger partial charge on any atom is -0.466 e. The molecule has 9 nitrogen and oxygen atoms in total. The predicted octanol–water partition coefficient (Wildman–Crippen LogP) is 5.37. The summed E-state index contributed by atoms with van der Waals surface area (Å²) < 4.78 is 53.1. The molecule has 0 bridgehead atoms. The number of nitrogens with one attached hydrogen (secondary N) is 1. The van der Waals surface area contributed by atoms with E-state index in [2.05, 4.69) is 5.32 Å². The zero-order chi connectivity index (χ0) is 30.7. The minimum atomic E-state index is -3.90. The molecule has 1 fully saturated rings. The molecule has 5 rings (SSSR count). The molecule has 0 amide bonds. The molecule has 2 heterocycles. The number of aryl methyl sites for hydroxylation is 1. The van der Waals surface area contributed by atoms with E-state index in [0.29, 0.717) is 29.4 Å². The Balaban J connectivity index is 1.34. The van der Waals surface area contributed by atoms with Crippen LogP contribution >= 0.6 is 0 Å². The number of piperidine rings is 1. The van der Waals surface area contributed by atoms with Crippen LogP contribution in [0.5, 0.6) is 0 Å². The lowest BCUT2D eigenvalue weighted by atomic mass is 9.98. The van der Waals surface area contributed by atoms with Crippen LogP contribution in [-0.4, -0.2) is 56.5 Å². The van der Waals surface area contributed by atoms with Crippen LogP contribution in [0.3, 0.4) is 0 Å². The fourth-order valence-corrected chi connectivity index (χ4v) is 6.60. The van der Waals surface area contributed by atoms with E-state index in [4.69, 9.17) is 9.15 Å². The number of carbonyl (C=O) groups is 3. The summed E-state index contributed by atoms with van der Waals surface area (Å²) in [6, 6.07) is 16.8. The van der Waals surface area contributed by atoms with Gasteiger partial charge in [0.1, 0.15) is 11.4 Å². The van der Waals surface area contributed by atoms with Crippen molar-refractivity contribution in [2.24, 2.45) is 5.92 Å². The molecular weight excluding hydrogens is 575 g/mol. The number of benzene rings is 3. The number of Topliss-reactive ketones (excluding diaryl/α,β-unsaturated/α-hetero) is 1. The lowest BCUT2D eigenvalue weighted by molar-refractivity contribution is -0.149. The highest BCUT2D eigenvalue weighted by molar-refractivity contribution is 7.89. The van der Waals surface area contributed by atoms with Crippen LogP contribution in [0, 0.1) is 18.7 Å². The van der Waals surface area contributed by atoms with Crippen molar-refractivity contribution < 1.29 is 36.3 Å². The van der Waals surface area contributed by atoms with Crippen molar-refractivity contribution in [3.8, 4) is 0 Å². The topological polar surface area (TPSA) is 123 Å². The second kappa shape index (κ2) is 12.5. The molecule has 1 aliphatic rings. The number of carbonyl (C=O) groups excluding carboxylic acids is 3. The normalized spacial score (nSPS) is 14.5. The molecule has 0 atom stereocenters. The van der Waals surface area contributed by atoms with Crippen LogP contribution in [0.25, 0.3) is 11.0 Å². The number of anilines is 1. The quantitative estimate of drug-likeness (QED) is 0.189. The number of furan rings is 1. The number of ketones is 2. The average Bonchev–Trinajstić information content (AvgIpc) is 3.39. The average molecular weight is 607 g/mol. The van der Waals surface area contributed by atoms with E-state index in [-0.39, 0.29) is 65.6 Å². The van der Waals surface area contributed by atoms with Gasteiger partial charge in [0.05, 0.1) is 29.7 Å². The third-order valence-corrected chi connectivity index (χ3v) is 9.42. The number of hydrogen-bond donors (Lipinski definition) is 1. The van der Waals surface area contributed by atoms with Crippen molar-refractivity contribution in [3.63, 3.8) is 0 Å². The maximum absolute atomic E-state index is 14.2. The Morgan fingerprint density at radius 1 is 1.00 bits per heavy atom. The largest absolute Gasteiger partial charge is 0.466 e. The molecule has 224 valence electrons. The fourth-order valence-electron chi connectivity index (χ4n) is 5.09. The van der Waals surface area contributed by atoms with Gasteiger partial charge in [-0.25, -0.2) is 12.8 Å². The molecule has 0 saturated carbocycles. The van der Waals surface area contributed by atoms with E-state index in [1.54, 1.807) is 38.1 Å². The summed E-state index contributed by atoms with van der Waals surface area (Å²) in [5.41, 5.74) is 1.35. The van der Waals surface area contributed by atoms with Gasteiger partial charge in [-0.2, -0.15) is 4.31 Å². The standard InChI is InChI=1S/C32H31FN2O7S/c1-3-41-32(38)21-13-15-35(16-14-21)43(39,40)24-8-6-7-22(17-24)27(36)19-34-29-25-9-4-5-10-28(25)42-31(29)30(37)23-12-11-20(2)26(33)18-23/h4-12,17-18,21,34H,3,13-16,19H2,1-2H3. The number of halogens is 1. The summed E-state index contributed by atoms with van der Waals surface area (Å²) >= 11 is 0. The molecule has 0 unspecified atom stereocenters. The number of nitrogens with zero attached hydrogens (tertiary/aromatic N) is 1. The Kier molecular flexibility index (Phi) is 8.74. The van der Waals surface area contributed by atoms with Gasteiger partial charge < -0.3 is 14.5 Å². The van der Waals surface area contributed by atoms with Crippen LogP contribution in [0.4, 0.5) is 10.1 Å². The zero-order valence-corrected chi connectivity index (χ0v) is 24.6. The second-order valence-electron chi connectivity index (χ2n) is 10.3. The summed E-state index contributed by atoms with van der Waals surface area (Å²) in [7, 11) is -3.90. The van der Waals surface area contributed by atoms with Gasteiger partial charge in [0.25, 0.3) is 0 Å². The SMILES string of the molecule is CCOC(=O)C1CCN(S(=O)(=O)c2cccc(C(=O)CNc3c(C(=O)c4ccc(C)c(F)c4)oc4ccccc34)c2)CC1. The van der Waals surface area contributed by atoms with E-state index < -0.39 is 27.4 Å². The minimum absolute atomic E-state index is 0.0287. The second-order valence-corrected chi connectivity index (χ2v) is 12.3. The highest BCUT2D eigenvalue weighted by atomic mass is 32.2. The Morgan fingerprint density at radius 2 is 1.74 bits per heavy atom. The van der Waals surface area contributed by atoms with Crippen LogP contribution in [0.15, 0.2) is 76.0 Å². The first-order valence-electron chi connectivity index (χ1n) is 14.0. The van der Waals surface area contributed by atoms with Gasteiger partial charge in [0.2, 0.25) is 15.8 Å². The zero-order valence-electron chi connectivity index (χ0n) is 23.8. The van der Waals surface area contributed by atoms with E-state index in [1.807, 2.05) is 0 Å². The van der Waals surface area contributed by atoms with Crippen molar-refractivity contribution >= 4 is 44.2 Å². The molecule has 1 aromatic heterocycles. The van der Waals surface area contributed by atoms with Crippen molar-refractivity contribution in [2.75, 3.05) is 31.6 Å². The van der Waals surface area contributed by atoms with Crippen LogP contribution in [0.2, 0.25) is 0 Å². The lowest BCUT2D eigenvalue weighted by Crippen LogP contribution is -2.40. The Morgan fingerprint density at radius 3 is 2.47 bits per heavy atom. The number of esters is 1. The van der Waals surface area contributed by atoms with Crippen LogP contribution in [-0.2, 0) is 19.6 Å². The molecule has 1 N–H and O–H groups in total. The summed E-state index contributed by atoms with van der Waals surface area (Å²) in [4.78, 5) is 38.6. The van der Waals surface area contributed by atoms with Crippen LogP contribution < -0.4 is 5.32 Å². The Bertz CT molecular complexity index is 1810. The van der Waals surface area contributed by atoms with Crippen molar-refractivity contribution in [2.45, 2.75) is 31.6 Å². The van der Waals surface area contributed by atoms with Gasteiger partial charge in [-0.3, -0.25) is 14.4 Å². The van der Waals surface area contributed by atoms with Crippen LogP contribution in [0.1, 0.15) is 51.8 Å². The molecule has 1 saturated heterocycles. The summed E-state index contributed by atoms with van der Waals surface area (Å²) in [6.45, 7) is 3.67. The van der Waals surface area contributed by atoms with Crippen molar-refractivity contribution in [3.05, 3.63) is 95.0 Å². The highest BCUT2D eigenvalue weighted by Crippen LogP contribution is 2.33. The van der Waals surface area contributed by atoms with Gasteiger partial charge in [0.15, 0.2) is 11.5 Å². The van der Waals surface area contributed by atoms with Gasteiger partial charge >= 0.3 is 5.97 Å². The molecule has 3 aromatic carbocycles. The van der Waals surface area contributed by atoms with E-state index >= 15 is 0 Å². The van der Waals surface area contributed by atoms with E-state index in [0.717, 1.165) is 6.07 Å². The number of fused-ring (bicyclic) bond motifs is 1. The third-order valence-electron chi connectivity index (χ3n) is 7.53. The monoisotopic (exact) mass is 606 g/mol. The summed E-state index contributed by atoms with van der Waals surface area (Å²) in [5.74, 6) is -2.22. The van der Waals surface area contributed by atoms with Gasteiger partial charge in [-0.1, -0.05) is 36.4 Å². The Hall–Kier alpha value is -4.35. The molecule has 1 aliphatic heterocycles. The third kappa shape index (κ3) is 6.23. The molecule has 4 aromatic rings. The van der Waals surface area contributed by atoms with Gasteiger partial charge in [-0.15, -0.1) is 0 Å². The first-order chi connectivity index (χ1) is 20.6. The number of para-hydroxylation sites is 1. The fraction of sp³-hybridized carbons (Fsp3) is 0.281. The maximum Gasteiger partial charge on any atom is 0.309 e. The first-order valence-corrected chi connectivity index (χ1v) is 15.4. The summed E-state index contributed by atoms with van der Waals surface area (Å²) in [6.07, 6.45) is 0.713. The number of sulfonamides is 1. The molecule has 0 radical (unpaired) electrons. The number of hydrogen-bond acceptors (Lipinski definition) is 8. The van der Waals surface area contributed by atoms with Gasteiger partial charge in [-0.05, 0) is 62.6 Å². The molecule has 0 spiro atoms. The maximum atomic E-state index is 14.2. The first kappa shape index (κ1) is 30.1. The smallest absolute Gasteiger partial charge is 0.309 e. The molecule has 0 aliphatic carbocycles. The van der Waals surface area contributed by atoms with Gasteiger partial charge in [0, 0.05) is 29.6 Å². The van der Waals surface area contributed by atoms with Crippen molar-refractivity contribution in [1.29, 1.82) is 0 Å². The van der Waals surface area contributed by atoms with E-state index in [1.165, 1.54) is 40.7 Å². The predicted molar refractivity (Wildman–Crippen MR) is 158 cm³/mol. The summed E-state index contributed by atoms with van der Waals surface area (Å²) in [5, 5.41) is 3.56. The molecular formula is C32H31FN2O7S.